The third kappa shape index (κ3) is 3.27. The average Bonchev–Trinajstić information content (AvgIpc) is 2.26. The van der Waals surface area contributed by atoms with Gasteiger partial charge in [0.05, 0.1) is 11.3 Å². The van der Waals surface area contributed by atoms with E-state index < -0.39 is 11.4 Å². The third-order valence-corrected chi connectivity index (χ3v) is 2.93. The van der Waals surface area contributed by atoms with Crippen molar-refractivity contribution in [3.63, 3.8) is 0 Å². The third-order valence-electron chi connectivity index (χ3n) is 2.93. The molecule has 0 aliphatic carbocycles. The minimum atomic E-state index is -0.623. The molecular weight excluding hydrogens is 235 g/mol. The second kappa shape index (κ2) is 5.04. The fourth-order valence-electron chi connectivity index (χ4n) is 2.11. The second-order valence-electron chi connectivity index (χ2n) is 4.99. The molecule has 1 aliphatic heterocycles. The van der Waals surface area contributed by atoms with Gasteiger partial charge in [0, 0.05) is 26.1 Å². The lowest BCUT2D eigenvalue weighted by atomic mass is 9.97. The highest BCUT2D eigenvalue weighted by Crippen LogP contribution is 2.19. The van der Waals surface area contributed by atoms with Crippen LogP contribution in [0.5, 0.6) is 0 Å². The fraction of sp³-hybridized carbons (Fsp3) is 0.462. The van der Waals surface area contributed by atoms with Crippen molar-refractivity contribution in [3.05, 3.63) is 30.1 Å². The number of anilines is 1. The molecule has 0 spiro atoms. The first-order chi connectivity index (χ1) is 8.46. The first-order valence-electron chi connectivity index (χ1n) is 5.95. The molecule has 1 aromatic rings. The molecule has 1 aromatic carbocycles. The lowest BCUT2D eigenvalue weighted by molar-refractivity contribution is -0.119. The van der Waals surface area contributed by atoms with E-state index in [0.717, 1.165) is 0 Å². The molecule has 1 heterocycles. The van der Waals surface area contributed by atoms with E-state index in [4.69, 9.17) is 0 Å². The van der Waals surface area contributed by atoms with Gasteiger partial charge < -0.3 is 10.4 Å². The molecular formula is C13H17FN2O2. The largest absolute Gasteiger partial charge is 0.388 e. The molecule has 0 atom stereocenters. The van der Waals surface area contributed by atoms with Crippen LogP contribution in [0.2, 0.25) is 0 Å². The van der Waals surface area contributed by atoms with E-state index in [1.807, 2.05) is 4.90 Å². The van der Waals surface area contributed by atoms with Crippen molar-refractivity contribution in [1.29, 1.82) is 0 Å². The Morgan fingerprint density at radius 3 is 2.78 bits per heavy atom. The molecule has 1 amide bonds. The SMILES string of the molecule is CC1(O)CN(CCC(=O)Nc2ccccc2F)C1. The fourth-order valence-corrected chi connectivity index (χ4v) is 2.11. The summed E-state index contributed by atoms with van der Waals surface area (Å²) in [6, 6.07) is 6.09. The van der Waals surface area contributed by atoms with E-state index in [9.17, 15) is 14.3 Å². The first-order valence-corrected chi connectivity index (χ1v) is 5.95. The van der Waals surface area contributed by atoms with Crippen LogP contribution in [0, 0.1) is 5.82 Å². The summed E-state index contributed by atoms with van der Waals surface area (Å²) in [7, 11) is 0. The van der Waals surface area contributed by atoms with Crippen molar-refractivity contribution in [2.45, 2.75) is 18.9 Å². The molecule has 2 N–H and O–H groups in total. The van der Waals surface area contributed by atoms with Gasteiger partial charge in [-0.1, -0.05) is 12.1 Å². The number of nitrogens with one attached hydrogen (secondary N) is 1. The molecule has 4 nitrogen and oxygen atoms in total. The van der Waals surface area contributed by atoms with Crippen molar-refractivity contribution in [2.24, 2.45) is 0 Å². The van der Waals surface area contributed by atoms with Gasteiger partial charge >= 0.3 is 0 Å². The summed E-state index contributed by atoms with van der Waals surface area (Å²) in [6.45, 7) is 3.51. The van der Waals surface area contributed by atoms with E-state index in [-0.39, 0.29) is 11.6 Å². The maximum atomic E-state index is 13.3. The summed E-state index contributed by atoms with van der Waals surface area (Å²) >= 11 is 0. The van der Waals surface area contributed by atoms with Crippen LogP contribution in [-0.2, 0) is 4.79 Å². The molecule has 0 radical (unpaired) electrons. The Morgan fingerprint density at radius 1 is 1.50 bits per heavy atom. The lowest BCUT2D eigenvalue weighted by Gasteiger charge is -2.44. The molecule has 98 valence electrons. The summed E-state index contributed by atoms with van der Waals surface area (Å²) in [5, 5.41) is 12.1. The van der Waals surface area contributed by atoms with Crippen LogP contribution in [0.25, 0.3) is 0 Å². The predicted molar refractivity (Wildman–Crippen MR) is 66.7 cm³/mol. The predicted octanol–water partition coefficient (Wildman–Crippen LogP) is 1.22. The number of nitrogens with zero attached hydrogens (tertiary/aromatic N) is 1. The standard InChI is InChI=1S/C13H17FN2O2/c1-13(18)8-16(9-13)7-6-12(17)15-11-5-3-2-4-10(11)14/h2-5,18H,6-9H2,1H3,(H,15,17). The summed E-state index contributed by atoms with van der Waals surface area (Å²) < 4.78 is 13.3. The van der Waals surface area contributed by atoms with Gasteiger partial charge in [0.1, 0.15) is 5.82 Å². The quantitative estimate of drug-likeness (QED) is 0.847. The van der Waals surface area contributed by atoms with E-state index >= 15 is 0 Å². The van der Waals surface area contributed by atoms with Gasteiger partial charge in [-0.15, -0.1) is 0 Å². The van der Waals surface area contributed by atoms with Gasteiger partial charge in [-0.3, -0.25) is 9.69 Å². The van der Waals surface area contributed by atoms with Crippen LogP contribution in [-0.4, -0.2) is 41.1 Å². The first kappa shape index (κ1) is 13.0. The van der Waals surface area contributed by atoms with Gasteiger partial charge in [-0.25, -0.2) is 4.39 Å². The smallest absolute Gasteiger partial charge is 0.225 e. The average molecular weight is 252 g/mol. The van der Waals surface area contributed by atoms with Gasteiger partial charge in [-0.05, 0) is 19.1 Å². The van der Waals surface area contributed by atoms with E-state index in [1.165, 1.54) is 12.1 Å². The molecule has 0 saturated carbocycles. The van der Waals surface area contributed by atoms with Crippen molar-refractivity contribution in [2.75, 3.05) is 25.0 Å². The normalized spacial score (nSPS) is 18.2. The zero-order valence-electron chi connectivity index (χ0n) is 10.3. The molecule has 1 saturated heterocycles. The second-order valence-corrected chi connectivity index (χ2v) is 4.99. The highest BCUT2D eigenvalue weighted by molar-refractivity contribution is 5.90. The number of likely N-dealkylation sites (tertiary alicyclic amines) is 1. The Labute approximate surface area is 105 Å². The molecule has 1 fully saturated rings. The van der Waals surface area contributed by atoms with Crippen LogP contribution >= 0.6 is 0 Å². The minimum absolute atomic E-state index is 0.207. The minimum Gasteiger partial charge on any atom is -0.388 e. The number of aliphatic hydroxyl groups is 1. The Balaban J connectivity index is 1.75. The molecule has 0 aromatic heterocycles. The Kier molecular flexibility index (Phi) is 3.63. The Morgan fingerprint density at radius 2 is 2.17 bits per heavy atom. The maximum Gasteiger partial charge on any atom is 0.225 e. The van der Waals surface area contributed by atoms with Crippen molar-refractivity contribution in [3.8, 4) is 0 Å². The summed E-state index contributed by atoms with van der Waals surface area (Å²) in [5.74, 6) is -0.649. The number of amides is 1. The number of β-amino-alcohol motifs (C(OH)–C–C–N with tert-alkyl or cyclic N) is 1. The number of hydrogen-bond donors (Lipinski definition) is 2. The van der Waals surface area contributed by atoms with Crippen LogP contribution in [0.1, 0.15) is 13.3 Å². The summed E-state index contributed by atoms with van der Waals surface area (Å²) in [5.41, 5.74) is -0.416. The topological polar surface area (TPSA) is 52.6 Å². The number of benzene rings is 1. The molecule has 0 bridgehead atoms. The lowest BCUT2D eigenvalue weighted by Crippen LogP contribution is -2.60. The zero-order valence-corrected chi connectivity index (χ0v) is 10.3. The molecule has 1 aliphatic rings. The van der Waals surface area contributed by atoms with Crippen LogP contribution in [0.15, 0.2) is 24.3 Å². The summed E-state index contributed by atoms with van der Waals surface area (Å²) in [6.07, 6.45) is 0.296. The van der Waals surface area contributed by atoms with Gasteiger partial charge in [0.2, 0.25) is 5.91 Å². The number of carbonyl (C=O) groups excluding carboxylic acids is 1. The van der Waals surface area contributed by atoms with Crippen molar-refractivity contribution in [1.82, 2.24) is 4.90 Å². The number of halogens is 1. The monoisotopic (exact) mass is 252 g/mol. The maximum absolute atomic E-state index is 13.3. The highest BCUT2D eigenvalue weighted by Gasteiger charge is 2.35. The van der Waals surface area contributed by atoms with Crippen molar-refractivity contribution < 1.29 is 14.3 Å². The number of hydrogen-bond acceptors (Lipinski definition) is 3. The van der Waals surface area contributed by atoms with Gasteiger partial charge in [0.15, 0.2) is 0 Å². The van der Waals surface area contributed by atoms with Crippen LogP contribution in [0.4, 0.5) is 10.1 Å². The molecule has 2 rings (SSSR count). The van der Waals surface area contributed by atoms with Gasteiger partial charge in [0.25, 0.3) is 0 Å². The van der Waals surface area contributed by atoms with Crippen LogP contribution in [0.3, 0.4) is 0 Å². The van der Waals surface area contributed by atoms with E-state index in [2.05, 4.69) is 5.32 Å². The Bertz CT molecular complexity index is 440. The van der Waals surface area contributed by atoms with Crippen LogP contribution < -0.4 is 5.32 Å². The number of para-hydroxylation sites is 1. The zero-order chi connectivity index (χ0) is 13.2. The molecule has 5 heteroatoms. The number of carbonyl (C=O) groups is 1. The van der Waals surface area contributed by atoms with Crippen molar-refractivity contribution >= 4 is 11.6 Å². The Hall–Kier alpha value is -1.46. The van der Waals surface area contributed by atoms with E-state index in [0.29, 0.717) is 26.1 Å². The summed E-state index contributed by atoms with van der Waals surface area (Å²) in [4.78, 5) is 13.6. The molecule has 0 unspecified atom stereocenters. The van der Waals surface area contributed by atoms with E-state index in [1.54, 1.807) is 19.1 Å². The number of rotatable bonds is 4. The molecule has 18 heavy (non-hydrogen) atoms. The highest BCUT2D eigenvalue weighted by atomic mass is 19.1. The van der Waals surface area contributed by atoms with Gasteiger partial charge in [-0.2, -0.15) is 0 Å².